The van der Waals surface area contributed by atoms with Crippen molar-refractivity contribution < 1.29 is 0 Å². The number of H-pyrrole nitrogens is 1. The molecule has 2 N–H and O–H groups in total. The summed E-state index contributed by atoms with van der Waals surface area (Å²) in [4.78, 5) is 4.23. The zero-order valence-electron chi connectivity index (χ0n) is 9.00. The molecule has 16 heavy (non-hydrogen) atoms. The standard InChI is InChI=1S/C11H13ClN4/c1-8-14-11(16-15-8)6-7-13-10-4-2-9(12)3-5-10/h2-5,13H,6-7H2,1H3,(H,14,15,16). The zero-order valence-corrected chi connectivity index (χ0v) is 9.75. The van der Waals surface area contributed by atoms with Gasteiger partial charge in [0, 0.05) is 23.7 Å². The predicted molar refractivity (Wildman–Crippen MR) is 64.8 cm³/mol. The molecule has 2 rings (SSSR count). The van der Waals surface area contributed by atoms with Crippen molar-refractivity contribution in [2.45, 2.75) is 13.3 Å². The van der Waals surface area contributed by atoms with Crippen LogP contribution in [0.3, 0.4) is 0 Å². The number of aromatic nitrogens is 3. The molecule has 0 atom stereocenters. The highest BCUT2D eigenvalue weighted by atomic mass is 35.5. The lowest BCUT2D eigenvalue weighted by Gasteiger charge is -2.04. The van der Waals surface area contributed by atoms with Gasteiger partial charge in [-0.05, 0) is 31.2 Å². The average molecular weight is 237 g/mol. The number of hydrogen-bond donors (Lipinski definition) is 2. The van der Waals surface area contributed by atoms with Gasteiger partial charge >= 0.3 is 0 Å². The SMILES string of the molecule is Cc1nc(CCNc2ccc(Cl)cc2)n[nH]1. The van der Waals surface area contributed by atoms with Crippen LogP contribution in [0.1, 0.15) is 11.6 Å². The number of rotatable bonds is 4. The van der Waals surface area contributed by atoms with Crippen molar-refractivity contribution in [3.63, 3.8) is 0 Å². The van der Waals surface area contributed by atoms with E-state index in [0.717, 1.165) is 35.3 Å². The molecule has 0 aliphatic rings. The second kappa shape index (κ2) is 4.99. The monoisotopic (exact) mass is 236 g/mol. The van der Waals surface area contributed by atoms with Gasteiger partial charge in [0.1, 0.15) is 5.82 Å². The van der Waals surface area contributed by atoms with Gasteiger partial charge < -0.3 is 5.32 Å². The summed E-state index contributed by atoms with van der Waals surface area (Å²) in [5, 5.41) is 10.9. The van der Waals surface area contributed by atoms with E-state index in [2.05, 4.69) is 20.5 Å². The van der Waals surface area contributed by atoms with E-state index in [-0.39, 0.29) is 0 Å². The van der Waals surface area contributed by atoms with Crippen molar-refractivity contribution in [3.05, 3.63) is 40.9 Å². The molecular formula is C11H13ClN4. The molecule has 1 aromatic carbocycles. The quantitative estimate of drug-likeness (QED) is 0.857. The molecule has 0 saturated carbocycles. The van der Waals surface area contributed by atoms with Gasteiger partial charge in [-0.25, -0.2) is 4.98 Å². The van der Waals surface area contributed by atoms with Crippen molar-refractivity contribution in [1.82, 2.24) is 15.2 Å². The van der Waals surface area contributed by atoms with Crippen molar-refractivity contribution >= 4 is 17.3 Å². The molecule has 1 heterocycles. The molecular weight excluding hydrogens is 224 g/mol. The molecule has 0 saturated heterocycles. The molecule has 0 fully saturated rings. The Hall–Kier alpha value is -1.55. The third-order valence-corrected chi connectivity index (χ3v) is 2.42. The van der Waals surface area contributed by atoms with Crippen LogP contribution in [-0.2, 0) is 6.42 Å². The highest BCUT2D eigenvalue weighted by Gasteiger charge is 1.99. The minimum absolute atomic E-state index is 0.746. The maximum Gasteiger partial charge on any atom is 0.152 e. The largest absolute Gasteiger partial charge is 0.385 e. The predicted octanol–water partition coefficient (Wildman–Crippen LogP) is 2.42. The first kappa shape index (κ1) is 11.0. The molecule has 0 aliphatic heterocycles. The number of hydrogen-bond acceptors (Lipinski definition) is 3. The lowest BCUT2D eigenvalue weighted by atomic mass is 10.3. The molecule has 0 aliphatic carbocycles. The summed E-state index contributed by atoms with van der Waals surface area (Å²) in [7, 11) is 0. The molecule has 5 heteroatoms. The van der Waals surface area contributed by atoms with Gasteiger partial charge in [-0.1, -0.05) is 11.6 Å². The summed E-state index contributed by atoms with van der Waals surface area (Å²) in [6.45, 7) is 2.70. The summed E-state index contributed by atoms with van der Waals surface area (Å²) < 4.78 is 0. The lowest BCUT2D eigenvalue weighted by molar-refractivity contribution is 0.901. The van der Waals surface area contributed by atoms with E-state index in [4.69, 9.17) is 11.6 Å². The van der Waals surface area contributed by atoms with Crippen LogP contribution in [0.25, 0.3) is 0 Å². The second-order valence-corrected chi connectivity index (χ2v) is 3.96. The first-order chi connectivity index (χ1) is 7.74. The number of halogens is 1. The Morgan fingerprint density at radius 2 is 2.06 bits per heavy atom. The maximum atomic E-state index is 5.79. The number of anilines is 1. The average Bonchev–Trinajstić information content (AvgIpc) is 2.67. The maximum absolute atomic E-state index is 5.79. The van der Waals surface area contributed by atoms with E-state index in [0.29, 0.717) is 0 Å². The normalized spacial score (nSPS) is 10.4. The third-order valence-electron chi connectivity index (χ3n) is 2.17. The van der Waals surface area contributed by atoms with Crippen molar-refractivity contribution in [1.29, 1.82) is 0 Å². The molecule has 4 nitrogen and oxygen atoms in total. The topological polar surface area (TPSA) is 53.6 Å². The van der Waals surface area contributed by atoms with Crippen molar-refractivity contribution in [3.8, 4) is 0 Å². The molecule has 0 bridgehead atoms. The van der Waals surface area contributed by atoms with E-state index in [1.54, 1.807) is 0 Å². The highest BCUT2D eigenvalue weighted by molar-refractivity contribution is 6.30. The van der Waals surface area contributed by atoms with Crippen LogP contribution < -0.4 is 5.32 Å². The number of nitrogens with zero attached hydrogens (tertiary/aromatic N) is 2. The number of benzene rings is 1. The fourth-order valence-corrected chi connectivity index (χ4v) is 1.51. The van der Waals surface area contributed by atoms with Gasteiger partial charge in [0.2, 0.25) is 0 Å². The molecule has 1 aromatic heterocycles. The van der Waals surface area contributed by atoms with Gasteiger partial charge in [-0.3, -0.25) is 5.10 Å². The van der Waals surface area contributed by atoms with Crippen LogP contribution in [0.5, 0.6) is 0 Å². The zero-order chi connectivity index (χ0) is 11.4. The highest BCUT2D eigenvalue weighted by Crippen LogP contribution is 2.13. The van der Waals surface area contributed by atoms with Crippen LogP contribution in [0.15, 0.2) is 24.3 Å². The summed E-state index contributed by atoms with van der Waals surface area (Å²) in [6.07, 6.45) is 0.799. The van der Waals surface area contributed by atoms with Crippen molar-refractivity contribution in [2.75, 3.05) is 11.9 Å². The fourth-order valence-electron chi connectivity index (χ4n) is 1.39. The fraction of sp³-hybridized carbons (Fsp3) is 0.273. The van der Waals surface area contributed by atoms with Crippen LogP contribution in [-0.4, -0.2) is 21.7 Å². The molecule has 84 valence electrons. The van der Waals surface area contributed by atoms with Gasteiger partial charge in [0.05, 0.1) is 0 Å². The van der Waals surface area contributed by atoms with Gasteiger partial charge in [0.15, 0.2) is 5.82 Å². The summed E-state index contributed by atoms with van der Waals surface area (Å²) >= 11 is 5.79. The minimum Gasteiger partial charge on any atom is -0.385 e. The Kier molecular flexibility index (Phi) is 3.41. The molecule has 2 aromatic rings. The first-order valence-corrected chi connectivity index (χ1v) is 5.49. The van der Waals surface area contributed by atoms with E-state index >= 15 is 0 Å². The Balaban J connectivity index is 1.82. The van der Waals surface area contributed by atoms with Crippen LogP contribution in [0, 0.1) is 6.92 Å². The van der Waals surface area contributed by atoms with E-state index in [9.17, 15) is 0 Å². The van der Waals surface area contributed by atoms with Crippen LogP contribution >= 0.6 is 11.6 Å². The van der Waals surface area contributed by atoms with Gasteiger partial charge in [0.25, 0.3) is 0 Å². The van der Waals surface area contributed by atoms with Crippen LogP contribution in [0.2, 0.25) is 5.02 Å². The lowest BCUT2D eigenvalue weighted by Crippen LogP contribution is -2.05. The third kappa shape index (κ3) is 2.97. The van der Waals surface area contributed by atoms with Gasteiger partial charge in [-0.2, -0.15) is 5.10 Å². The Labute approximate surface area is 99.1 Å². The first-order valence-electron chi connectivity index (χ1n) is 5.11. The van der Waals surface area contributed by atoms with E-state index in [1.807, 2.05) is 31.2 Å². The van der Waals surface area contributed by atoms with Crippen LogP contribution in [0.4, 0.5) is 5.69 Å². The number of aryl methyl sites for hydroxylation is 1. The Morgan fingerprint density at radius 1 is 1.31 bits per heavy atom. The van der Waals surface area contributed by atoms with E-state index < -0.39 is 0 Å². The number of aromatic amines is 1. The number of nitrogens with one attached hydrogen (secondary N) is 2. The summed E-state index contributed by atoms with van der Waals surface area (Å²) in [5.41, 5.74) is 1.05. The van der Waals surface area contributed by atoms with Gasteiger partial charge in [-0.15, -0.1) is 0 Å². The minimum atomic E-state index is 0.746. The molecule has 0 radical (unpaired) electrons. The summed E-state index contributed by atoms with van der Waals surface area (Å²) in [6, 6.07) is 7.62. The smallest absolute Gasteiger partial charge is 0.152 e. The molecule has 0 spiro atoms. The summed E-state index contributed by atoms with van der Waals surface area (Å²) in [5.74, 6) is 1.68. The molecule has 0 unspecified atom stereocenters. The second-order valence-electron chi connectivity index (χ2n) is 3.52. The molecule has 0 amide bonds. The Morgan fingerprint density at radius 3 is 2.69 bits per heavy atom. The van der Waals surface area contributed by atoms with E-state index in [1.165, 1.54) is 0 Å². The van der Waals surface area contributed by atoms with Crippen molar-refractivity contribution in [2.24, 2.45) is 0 Å². The Bertz CT molecular complexity index is 449.